The quantitative estimate of drug-likeness (QED) is 0.442. The Balaban J connectivity index is 2.49. The molecular weight excluding hydrogens is 236 g/mol. The van der Waals surface area contributed by atoms with Crippen LogP contribution in [0.15, 0.2) is 29.4 Å². The topological polar surface area (TPSA) is 95.8 Å². The molecule has 1 rings (SSSR count). The van der Waals surface area contributed by atoms with Crippen molar-refractivity contribution in [2.75, 3.05) is 0 Å². The van der Waals surface area contributed by atoms with E-state index < -0.39 is 5.97 Å². The Labute approximate surface area is 103 Å². The molecule has 0 bridgehead atoms. The molecule has 18 heavy (non-hydrogen) atoms. The smallest absolute Gasteiger partial charge is 0.335 e. The molecule has 0 saturated carbocycles. The lowest BCUT2D eigenvalue weighted by atomic mass is 10.1. The van der Waals surface area contributed by atoms with Crippen molar-refractivity contribution in [2.24, 2.45) is 5.10 Å². The molecule has 0 fully saturated rings. The molecule has 2 N–H and O–H groups in total. The number of aldehydes is 1. The van der Waals surface area contributed by atoms with E-state index in [1.807, 2.05) is 0 Å². The summed E-state index contributed by atoms with van der Waals surface area (Å²) in [4.78, 5) is 31.7. The van der Waals surface area contributed by atoms with Crippen LogP contribution in [-0.2, 0) is 9.59 Å². The first-order chi connectivity index (χ1) is 8.63. The first-order valence-corrected chi connectivity index (χ1v) is 5.22. The summed E-state index contributed by atoms with van der Waals surface area (Å²) in [5, 5.41) is 12.4. The largest absolute Gasteiger partial charge is 0.478 e. The number of amides is 1. The van der Waals surface area contributed by atoms with Crippen LogP contribution in [0.2, 0.25) is 0 Å². The Hall–Kier alpha value is -2.50. The van der Waals surface area contributed by atoms with Gasteiger partial charge >= 0.3 is 5.97 Å². The Morgan fingerprint density at radius 2 is 1.94 bits per heavy atom. The highest BCUT2D eigenvalue weighted by atomic mass is 16.4. The van der Waals surface area contributed by atoms with Crippen LogP contribution in [0.25, 0.3) is 0 Å². The van der Waals surface area contributed by atoms with Gasteiger partial charge in [-0.2, -0.15) is 5.10 Å². The number of hydrogen-bond acceptors (Lipinski definition) is 4. The number of carboxylic acid groups (broad SMARTS) is 1. The summed E-state index contributed by atoms with van der Waals surface area (Å²) in [7, 11) is 0. The fourth-order valence-corrected chi connectivity index (χ4v) is 1.14. The lowest BCUT2D eigenvalue weighted by Gasteiger charge is -1.97. The minimum Gasteiger partial charge on any atom is -0.478 e. The fourth-order valence-electron chi connectivity index (χ4n) is 1.14. The predicted octanol–water partition coefficient (Wildman–Crippen LogP) is 0.814. The molecule has 1 amide bonds. The second-order valence-electron chi connectivity index (χ2n) is 3.43. The van der Waals surface area contributed by atoms with Crippen molar-refractivity contribution < 1.29 is 19.5 Å². The molecule has 0 aromatic heterocycles. The number of carboxylic acids is 1. The molecule has 0 saturated heterocycles. The highest BCUT2D eigenvalue weighted by molar-refractivity contribution is 5.89. The number of nitrogens with one attached hydrogen (secondary N) is 1. The van der Waals surface area contributed by atoms with Crippen LogP contribution in [0.4, 0.5) is 0 Å². The Morgan fingerprint density at radius 1 is 1.28 bits per heavy atom. The van der Waals surface area contributed by atoms with Crippen molar-refractivity contribution in [3.05, 3.63) is 35.4 Å². The van der Waals surface area contributed by atoms with Crippen molar-refractivity contribution >= 4 is 24.4 Å². The van der Waals surface area contributed by atoms with E-state index in [0.717, 1.165) is 0 Å². The summed E-state index contributed by atoms with van der Waals surface area (Å²) in [6.45, 7) is 0. The minimum absolute atomic E-state index is 0.0960. The Morgan fingerprint density at radius 3 is 2.50 bits per heavy atom. The summed E-state index contributed by atoms with van der Waals surface area (Å²) in [5.74, 6) is -1.35. The molecular formula is C12H12N2O4. The van der Waals surface area contributed by atoms with Crippen molar-refractivity contribution in [1.29, 1.82) is 0 Å². The first-order valence-electron chi connectivity index (χ1n) is 5.22. The van der Waals surface area contributed by atoms with Gasteiger partial charge < -0.3 is 9.90 Å². The highest BCUT2D eigenvalue weighted by Gasteiger charge is 2.00. The van der Waals surface area contributed by atoms with E-state index in [2.05, 4.69) is 10.5 Å². The molecule has 0 radical (unpaired) electrons. The van der Waals surface area contributed by atoms with Gasteiger partial charge in [-0.05, 0) is 17.7 Å². The standard InChI is InChI=1S/C12H12N2O4/c15-7-1-2-11(16)14-13-8-9-3-5-10(6-4-9)12(17)18/h3-8H,1-2H2,(H,14,16)(H,17,18)/b13-8+. The molecule has 0 aliphatic heterocycles. The average Bonchev–Trinajstić information content (AvgIpc) is 2.37. The van der Waals surface area contributed by atoms with Crippen molar-refractivity contribution in [3.63, 3.8) is 0 Å². The molecule has 0 atom stereocenters. The van der Waals surface area contributed by atoms with E-state index in [4.69, 9.17) is 5.11 Å². The summed E-state index contributed by atoms with van der Waals surface area (Å²) in [6, 6.07) is 6.03. The molecule has 1 aromatic rings. The van der Waals surface area contributed by atoms with E-state index in [9.17, 15) is 14.4 Å². The van der Waals surface area contributed by atoms with Gasteiger partial charge in [0.1, 0.15) is 6.29 Å². The number of nitrogens with zero attached hydrogens (tertiary/aromatic N) is 1. The van der Waals surface area contributed by atoms with Gasteiger partial charge in [0, 0.05) is 12.8 Å². The molecule has 0 unspecified atom stereocenters. The van der Waals surface area contributed by atoms with Gasteiger partial charge in [0.15, 0.2) is 0 Å². The number of aromatic carboxylic acids is 1. The van der Waals surface area contributed by atoms with Crippen LogP contribution in [-0.4, -0.2) is 29.5 Å². The van der Waals surface area contributed by atoms with Gasteiger partial charge in [0.25, 0.3) is 0 Å². The molecule has 6 nitrogen and oxygen atoms in total. The van der Waals surface area contributed by atoms with Crippen molar-refractivity contribution in [3.8, 4) is 0 Å². The fraction of sp³-hybridized carbons (Fsp3) is 0.167. The lowest BCUT2D eigenvalue weighted by molar-refractivity contribution is -0.122. The third-order valence-electron chi connectivity index (χ3n) is 2.05. The van der Waals surface area contributed by atoms with E-state index in [-0.39, 0.29) is 24.3 Å². The first kappa shape index (κ1) is 13.6. The zero-order chi connectivity index (χ0) is 13.4. The summed E-state index contributed by atoms with van der Waals surface area (Å²) in [6.07, 6.45) is 2.31. The molecule has 6 heteroatoms. The van der Waals surface area contributed by atoms with Crippen LogP contribution in [0, 0.1) is 0 Å². The van der Waals surface area contributed by atoms with E-state index in [1.54, 1.807) is 12.1 Å². The third kappa shape index (κ3) is 4.56. The van der Waals surface area contributed by atoms with Gasteiger partial charge in [0.2, 0.25) is 5.91 Å². The van der Waals surface area contributed by atoms with Crippen LogP contribution < -0.4 is 5.43 Å². The second-order valence-corrected chi connectivity index (χ2v) is 3.43. The SMILES string of the molecule is O=CCCC(=O)N/N=C/c1ccc(C(=O)O)cc1. The normalized spacial score (nSPS) is 10.2. The Bertz CT molecular complexity index is 465. The average molecular weight is 248 g/mol. The van der Waals surface area contributed by atoms with Gasteiger partial charge in [-0.3, -0.25) is 4.79 Å². The number of hydrazone groups is 1. The predicted molar refractivity (Wildman–Crippen MR) is 64.4 cm³/mol. The van der Waals surface area contributed by atoms with Gasteiger partial charge in [-0.1, -0.05) is 12.1 Å². The van der Waals surface area contributed by atoms with Crippen molar-refractivity contribution in [2.45, 2.75) is 12.8 Å². The van der Waals surface area contributed by atoms with Gasteiger partial charge in [-0.25, -0.2) is 10.2 Å². The maximum absolute atomic E-state index is 11.1. The maximum atomic E-state index is 11.1. The Kier molecular flexibility index (Phi) is 5.24. The summed E-state index contributed by atoms with van der Waals surface area (Å²) < 4.78 is 0. The number of benzene rings is 1. The van der Waals surface area contributed by atoms with E-state index in [1.165, 1.54) is 18.3 Å². The second kappa shape index (κ2) is 6.95. The number of carbonyl (C=O) groups is 3. The minimum atomic E-state index is -0.999. The lowest BCUT2D eigenvalue weighted by Crippen LogP contribution is -2.17. The summed E-state index contributed by atoms with van der Waals surface area (Å²) >= 11 is 0. The molecule has 94 valence electrons. The highest BCUT2D eigenvalue weighted by Crippen LogP contribution is 2.02. The molecule has 0 heterocycles. The monoisotopic (exact) mass is 248 g/mol. The van der Waals surface area contributed by atoms with E-state index >= 15 is 0 Å². The molecule has 0 spiro atoms. The van der Waals surface area contributed by atoms with Crippen LogP contribution in [0.1, 0.15) is 28.8 Å². The van der Waals surface area contributed by atoms with Crippen LogP contribution >= 0.6 is 0 Å². The van der Waals surface area contributed by atoms with Crippen molar-refractivity contribution in [1.82, 2.24) is 5.43 Å². The van der Waals surface area contributed by atoms with Crippen LogP contribution in [0.3, 0.4) is 0 Å². The number of carbonyl (C=O) groups excluding carboxylic acids is 2. The molecule has 0 aliphatic carbocycles. The zero-order valence-electron chi connectivity index (χ0n) is 9.50. The third-order valence-corrected chi connectivity index (χ3v) is 2.05. The number of hydrogen-bond donors (Lipinski definition) is 2. The van der Waals surface area contributed by atoms with E-state index in [0.29, 0.717) is 11.8 Å². The van der Waals surface area contributed by atoms with Gasteiger partial charge in [-0.15, -0.1) is 0 Å². The van der Waals surface area contributed by atoms with Gasteiger partial charge in [0.05, 0.1) is 11.8 Å². The zero-order valence-corrected chi connectivity index (χ0v) is 9.50. The molecule has 0 aliphatic rings. The number of rotatable bonds is 6. The van der Waals surface area contributed by atoms with Crippen LogP contribution in [0.5, 0.6) is 0 Å². The molecule has 1 aromatic carbocycles. The summed E-state index contributed by atoms with van der Waals surface area (Å²) in [5.41, 5.74) is 3.10. The maximum Gasteiger partial charge on any atom is 0.335 e.